The Morgan fingerprint density at radius 2 is 1.16 bits per heavy atom. The maximum atomic E-state index is 14.8. The van der Waals surface area contributed by atoms with Crippen LogP contribution in [-0.2, 0) is 14.3 Å². The number of oxazole rings is 2. The molecule has 0 atom stereocenters. The predicted molar refractivity (Wildman–Crippen MR) is 274 cm³/mol. The second-order valence-corrected chi connectivity index (χ2v) is 18.6. The highest BCUT2D eigenvalue weighted by Crippen LogP contribution is 2.31. The van der Waals surface area contributed by atoms with E-state index in [1.807, 2.05) is 29.2 Å². The summed E-state index contributed by atoms with van der Waals surface area (Å²) in [6.07, 6.45) is 15.2. The van der Waals surface area contributed by atoms with Crippen LogP contribution in [0.3, 0.4) is 0 Å². The molecular formula is C52H55BrF2N12O7. The summed E-state index contributed by atoms with van der Waals surface area (Å²) in [7, 11) is 1.35. The van der Waals surface area contributed by atoms with Gasteiger partial charge in [0.25, 0.3) is 11.8 Å². The minimum atomic E-state index is -0.457. The van der Waals surface area contributed by atoms with Gasteiger partial charge in [0.15, 0.2) is 11.8 Å². The van der Waals surface area contributed by atoms with E-state index in [2.05, 4.69) is 71.4 Å². The van der Waals surface area contributed by atoms with Crippen molar-refractivity contribution in [2.75, 3.05) is 55.8 Å². The van der Waals surface area contributed by atoms with Crippen LogP contribution in [0.5, 0.6) is 0 Å². The van der Waals surface area contributed by atoms with E-state index in [1.54, 1.807) is 63.5 Å². The summed E-state index contributed by atoms with van der Waals surface area (Å²) in [4.78, 5) is 74.8. The second-order valence-electron chi connectivity index (χ2n) is 18.0. The number of hydrogen-bond donors (Lipinski definition) is 3. The van der Waals surface area contributed by atoms with Gasteiger partial charge in [0.1, 0.15) is 22.7 Å². The molecule has 2 saturated heterocycles. The molecule has 74 heavy (non-hydrogen) atoms. The largest absolute Gasteiger partial charge is 0.468 e. The van der Waals surface area contributed by atoms with Crippen LogP contribution in [0.2, 0.25) is 0 Å². The number of nitrogens with one attached hydrogen (secondary N) is 3. The summed E-state index contributed by atoms with van der Waals surface area (Å²) in [6.45, 7) is 12.6. The van der Waals surface area contributed by atoms with Gasteiger partial charge in [-0.3, -0.25) is 32.9 Å². The quantitative estimate of drug-likeness (QED) is 0.0814. The van der Waals surface area contributed by atoms with Gasteiger partial charge in [-0.2, -0.15) is 0 Å². The van der Waals surface area contributed by atoms with E-state index in [0.717, 1.165) is 63.0 Å². The monoisotopic (exact) mass is 1080 g/mol. The van der Waals surface area contributed by atoms with Gasteiger partial charge in [-0.05, 0) is 132 Å². The number of hydrogen-bond acceptors (Lipinski definition) is 15. The average molecular weight is 1080 g/mol. The number of rotatable bonds is 11. The van der Waals surface area contributed by atoms with Crippen LogP contribution in [0.1, 0.15) is 99.8 Å². The van der Waals surface area contributed by atoms with Crippen molar-refractivity contribution in [2.24, 2.45) is 0 Å². The Hall–Kier alpha value is -7.56. The first-order chi connectivity index (χ1) is 35.5. The van der Waals surface area contributed by atoms with Crippen LogP contribution in [0.4, 0.5) is 20.2 Å². The summed E-state index contributed by atoms with van der Waals surface area (Å²) in [5.74, 6) is 0.977. The van der Waals surface area contributed by atoms with Crippen molar-refractivity contribution in [3.63, 3.8) is 0 Å². The zero-order valence-electron chi connectivity index (χ0n) is 41.7. The molecule has 3 N–H and O–H groups in total. The number of carbonyl (C=O) groups excluding carboxylic acids is 4. The minimum absolute atomic E-state index is 0.120. The molecule has 8 heterocycles. The number of methoxy groups -OCH3 is 1. The minimum Gasteiger partial charge on any atom is -0.468 e. The first kappa shape index (κ1) is 52.8. The number of ether oxygens (including phenoxy) is 1. The first-order valence-corrected chi connectivity index (χ1v) is 25.0. The van der Waals surface area contributed by atoms with Crippen LogP contribution in [0.15, 0.2) is 82.4 Å². The molecule has 6 aromatic heterocycles. The molecule has 0 bridgehead atoms. The van der Waals surface area contributed by atoms with Crippen LogP contribution < -0.4 is 16.0 Å². The van der Waals surface area contributed by atoms with Crippen LogP contribution in [0.25, 0.3) is 34.1 Å². The number of aromatic nitrogens is 8. The maximum absolute atomic E-state index is 14.8. The van der Waals surface area contributed by atoms with Crippen molar-refractivity contribution in [3.8, 4) is 22.5 Å². The average Bonchev–Trinajstić information content (AvgIpc) is 4.19. The fraction of sp³-hybridized carbons (Fsp3) is 0.346. The molecule has 0 unspecified atom stereocenters. The van der Waals surface area contributed by atoms with Gasteiger partial charge in [-0.25, -0.2) is 38.7 Å². The van der Waals surface area contributed by atoms with Gasteiger partial charge in [-0.1, -0.05) is 15.9 Å². The third-order valence-electron chi connectivity index (χ3n) is 12.5. The lowest BCUT2D eigenvalue weighted by atomic mass is 9.91. The molecule has 10 rings (SSSR count). The number of amides is 2. The van der Waals surface area contributed by atoms with E-state index >= 15 is 0 Å². The lowest BCUT2D eigenvalue weighted by Crippen LogP contribution is -2.36. The highest BCUT2D eigenvalue weighted by atomic mass is 79.9. The molecular weight excluding hydrogens is 1020 g/mol. The number of ketones is 1. The van der Waals surface area contributed by atoms with E-state index in [1.165, 1.54) is 31.4 Å². The zero-order valence-corrected chi connectivity index (χ0v) is 43.3. The van der Waals surface area contributed by atoms with Gasteiger partial charge < -0.3 is 29.5 Å². The summed E-state index contributed by atoms with van der Waals surface area (Å²) in [5.41, 5.74) is 5.46. The third-order valence-corrected chi connectivity index (χ3v) is 13.0. The molecule has 19 nitrogen and oxygen atoms in total. The Morgan fingerprint density at radius 1 is 0.703 bits per heavy atom. The van der Waals surface area contributed by atoms with E-state index < -0.39 is 23.4 Å². The number of benzene rings is 2. The van der Waals surface area contributed by atoms with Gasteiger partial charge in [-0.15, -0.1) is 0 Å². The van der Waals surface area contributed by atoms with Crippen molar-refractivity contribution >= 4 is 62.4 Å². The van der Waals surface area contributed by atoms with Crippen LogP contribution >= 0.6 is 15.9 Å². The Balaban J connectivity index is 0.000000178. The van der Waals surface area contributed by atoms with Crippen LogP contribution in [-0.4, -0.2) is 112 Å². The Bertz CT molecular complexity index is 3330. The second kappa shape index (κ2) is 23.5. The Labute approximate surface area is 432 Å². The summed E-state index contributed by atoms with van der Waals surface area (Å²) in [6, 6.07) is 8.68. The van der Waals surface area contributed by atoms with E-state index in [-0.39, 0.29) is 39.7 Å². The molecule has 2 aromatic carbocycles. The summed E-state index contributed by atoms with van der Waals surface area (Å²) in [5, 5.41) is 9.12. The highest BCUT2D eigenvalue weighted by Gasteiger charge is 2.24. The standard InChI is InChI=1S/C26H27FN6O3.C23H23FN6O2.C3H5BrO2/c1-15(34)12-32-8-6-18(7-9-32)19-11-28-26-31-23(14-33(26)13-19)21-10-20(4-5-22(21)27)30-25(35)24-16(2)29-17(3)36-24;1-13-21(32-14(2)27-13)22(31)28-17-3-4-19(24)18(9-17)20-12-30-11-16(10-26-23(30)29-20)15-5-7-25-8-6-15;1-6-3(5)2-4/h4-5,10-11,13-14,18H,6-9,12H2,1-3H3,(H,30,35);3-4,9-12,15,25H,5-8H2,1-2H3,(H,28,31);2H2,1H3. The SMILES string of the molecule is CC(=O)CN1CCC(c2cnc3nc(-c4cc(NC(=O)c5oc(C)nc5C)ccc4F)cn3c2)CC1.COC(=O)CBr.Cc1nc(C)c(C(=O)Nc2ccc(F)c(-c3cn4cc(C5CCNCC5)cnc4n3)c2)o1. The van der Waals surface area contributed by atoms with Gasteiger partial charge >= 0.3 is 5.97 Å². The van der Waals surface area contributed by atoms with E-state index in [9.17, 15) is 28.0 Å². The van der Waals surface area contributed by atoms with Crippen molar-refractivity contribution < 1.29 is 41.5 Å². The number of aryl methyl sites for hydroxylation is 4. The molecule has 2 amide bonds. The number of imidazole rings is 2. The normalized spacial score (nSPS) is 14.2. The Morgan fingerprint density at radius 3 is 1.55 bits per heavy atom. The lowest BCUT2D eigenvalue weighted by Gasteiger charge is -2.31. The lowest BCUT2D eigenvalue weighted by molar-refractivity contribution is -0.137. The van der Waals surface area contributed by atoms with Crippen molar-refractivity contribution in [2.45, 2.75) is 72.1 Å². The van der Waals surface area contributed by atoms with Crippen molar-refractivity contribution in [3.05, 3.63) is 131 Å². The van der Waals surface area contributed by atoms with Crippen molar-refractivity contribution in [1.82, 2.24) is 48.9 Å². The summed E-state index contributed by atoms with van der Waals surface area (Å²) < 4.78 is 48.0. The number of fused-ring (bicyclic) bond motifs is 2. The number of piperidine rings is 2. The van der Waals surface area contributed by atoms with Crippen LogP contribution in [0, 0.1) is 39.3 Å². The molecule has 386 valence electrons. The van der Waals surface area contributed by atoms with Gasteiger partial charge in [0, 0.05) is 73.5 Å². The molecule has 0 aliphatic carbocycles. The molecule has 0 saturated carbocycles. The number of anilines is 2. The number of nitrogens with zero attached hydrogens (tertiary/aromatic N) is 9. The fourth-order valence-electron chi connectivity index (χ4n) is 8.89. The molecule has 0 spiro atoms. The highest BCUT2D eigenvalue weighted by molar-refractivity contribution is 9.09. The molecule has 0 radical (unpaired) electrons. The third kappa shape index (κ3) is 12.8. The van der Waals surface area contributed by atoms with Gasteiger partial charge in [0.05, 0.1) is 36.4 Å². The smallest absolute Gasteiger partial charge is 0.316 e. The number of likely N-dealkylation sites (tertiary alicyclic amines) is 1. The topological polar surface area (TPSA) is 229 Å². The number of esters is 1. The molecule has 2 fully saturated rings. The summed E-state index contributed by atoms with van der Waals surface area (Å²) >= 11 is 2.90. The molecule has 2 aliphatic rings. The number of alkyl halides is 1. The first-order valence-electron chi connectivity index (χ1n) is 23.9. The maximum Gasteiger partial charge on any atom is 0.316 e. The number of Topliss-reactive ketones (excluding diaryl/α,β-unsaturated/α-hetero) is 1. The predicted octanol–water partition coefficient (Wildman–Crippen LogP) is 8.57. The number of carbonyl (C=O) groups is 4. The molecule has 2 aliphatic heterocycles. The molecule has 22 heteroatoms. The van der Waals surface area contributed by atoms with E-state index in [0.29, 0.717) is 75.9 Å². The fourth-order valence-corrected chi connectivity index (χ4v) is 9.12. The van der Waals surface area contributed by atoms with Crippen molar-refractivity contribution in [1.29, 1.82) is 0 Å². The molecule has 8 aromatic rings. The van der Waals surface area contributed by atoms with E-state index in [4.69, 9.17) is 8.83 Å². The number of halogens is 3. The Kier molecular flexibility index (Phi) is 16.8. The van der Waals surface area contributed by atoms with Gasteiger partial charge in [0.2, 0.25) is 23.1 Å². The zero-order chi connectivity index (χ0) is 52.6.